The fourth-order valence-electron chi connectivity index (χ4n) is 2.73. The highest BCUT2D eigenvalue weighted by Gasteiger charge is 2.20. The Bertz CT molecular complexity index is 957. The van der Waals surface area contributed by atoms with Gasteiger partial charge in [0.1, 0.15) is 22.7 Å². The first-order valence-corrected chi connectivity index (χ1v) is 9.37. The van der Waals surface area contributed by atoms with Crippen LogP contribution in [-0.4, -0.2) is 40.7 Å². The molecule has 1 atom stereocenters. The van der Waals surface area contributed by atoms with Gasteiger partial charge >= 0.3 is 0 Å². The van der Waals surface area contributed by atoms with Gasteiger partial charge in [-0.25, -0.2) is 9.97 Å². The molecule has 2 aromatic heterocycles. The van der Waals surface area contributed by atoms with E-state index in [1.54, 1.807) is 14.0 Å². The molecule has 0 saturated heterocycles. The number of thiophene rings is 1. The average Bonchev–Trinajstić information content (AvgIpc) is 3.03. The highest BCUT2D eigenvalue weighted by atomic mass is 32.1. The van der Waals surface area contributed by atoms with Gasteiger partial charge in [0.2, 0.25) is 0 Å². The SMILES string of the molecule is COc1cccc(CNc2ncnc3sc(C(=O)NC(C)CO)c(C)c23)c1. The summed E-state index contributed by atoms with van der Waals surface area (Å²) in [4.78, 5) is 22.5. The molecule has 1 aromatic carbocycles. The van der Waals surface area contributed by atoms with E-state index >= 15 is 0 Å². The number of aryl methyl sites for hydroxylation is 1. The lowest BCUT2D eigenvalue weighted by Gasteiger charge is -2.10. The van der Waals surface area contributed by atoms with Crippen LogP contribution in [0.25, 0.3) is 10.2 Å². The van der Waals surface area contributed by atoms with E-state index in [1.807, 2.05) is 31.2 Å². The molecule has 0 radical (unpaired) electrons. The molecule has 7 nitrogen and oxygen atoms in total. The number of aliphatic hydroxyl groups is 1. The maximum Gasteiger partial charge on any atom is 0.262 e. The molecule has 2 heterocycles. The van der Waals surface area contributed by atoms with Gasteiger partial charge in [-0.1, -0.05) is 12.1 Å². The molecule has 27 heavy (non-hydrogen) atoms. The fourth-order valence-corrected chi connectivity index (χ4v) is 3.78. The van der Waals surface area contributed by atoms with Crippen molar-refractivity contribution in [3.05, 3.63) is 46.6 Å². The predicted octanol–water partition coefficient (Wildman–Crippen LogP) is 2.73. The highest BCUT2D eigenvalue weighted by Crippen LogP contribution is 2.33. The standard InChI is InChI=1S/C19H22N4O3S/c1-11(9-24)23-18(25)16-12(2)15-17(21-10-22-19(15)27-16)20-8-13-5-4-6-14(7-13)26-3/h4-7,10-11,24H,8-9H2,1-3H3,(H,23,25)(H,20,21,22). The van der Waals surface area contributed by atoms with Gasteiger partial charge in [0.05, 0.1) is 24.0 Å². The van der Waals surface area contributed by atoms with E-state index in [4.69, 9.17) is 9.84 Å². The number of hydrogen-bond donors (Lipinski definition) is 3. The number of benzene rings is 1. The second kappa shape index (κ2) is 8.32. The first-order chi connectivity index (χ1) is 13.0. The van der Waals surface area contributed by atoms with Gasteiger partial charge in [0.15, 0.2) is 0 Å². The molecule has 0 aliphatic rings. The number of hydrogen-bond acceptors (Lipinski definition) is 7. The lowest BCUT2D eigenvalue weighted by Crippen LogP contribution is -2.34. The molecule has 0 aliphatic carbocycles. The third kappa shape index (κ3) is 4.17. The van der Waals surface area contributed by atoms with Crippen molar-refractivity contribution in [3.8, 4) is 5.75 Å². The minimum Gasteiger partial charge on any atom is -0.497 e. The number of amides is 1. The predicted molar refractivity (Wildman–Crippen MR) is 106 cm³/mol. The quantitative estimate of drug-likeness (QED) is 0.578. The molecular formula is C19H22N4O3S. The van der Waals surface area contributed by atoms with Crippen LogP contribution in [0.2, 0.25) is 0 Å². The molecule has 1 amide bonds. The Hall–Kier alpha value is -2.71. The van der Waals surface area contributed by atoms with Gasteiger partial charge in [0, 0.05) is 12.6 Å². The summed E-state index contributed by atoms with van der Waals surface area (Å²) >= 11 is 1.32. The van der Waals surface area contributed by atoms with E-state index in [0.29, 0.717) is 17.2 Å². The average molecular weight is 386 g/mol. The van der Waals surface area contributed by atoms with Crippen LogP contribution in [0.1, 0.15) is 27.7 Å². The van der Waals surface area contributed by atoms with E-state index in [-0.39, 0.29) is 18.6 Å². The number of fused-ring (bicyclic) bond motifs is 1. The first-order valence-electron chi connectivity index (χ1n) is 8.56. The van der Waals surface area contributed by atoms with Crippen LogP contribution in [0.15, 0.2) is 30.6 Å². The number of methoxy groups -OCH3 is 1. The summed E-state index contributed by atoms with van der Waals surface area (Å²) < 4.78 is 5.25. The third-order valence-corrected chi connectivity index (χ3v) is 5.38. The number of nitrogens with one attached hydrogen (secondary N) is 2. The molecule has 3 aromatic rings. The van der Waals surface area contributed by atoms with Crippen LogP contribution >= 0.6 is 11.3 Å². The Morgan fingerprint density at radius 1 is 1.37 bits per heavy atom. The minimum absolute atomic E-state index is 0.108. The van der Waals surface area contributed by atoms with Crippen molar-refractivity contribution in [1.29, 1.82) is 0 Å². The van der Waals surface area contributed by atoms with Crippen LogP contribution < -0.4 is 15.4 Å². The lowest BCUT2D eigenvalue weighted by atomic mass is 10.1. The Morgan fingerprint density at radius 3 is 2.93 bits per heavy atom. The first kappa shape index (κ1) is 19.1. The van der Waals surface area contributed by atoms with Crippen LogP contribution in [0.5, 0.6) is 5.75 Å². The molecule has 1 unspecified atom stereocenters. The van der Waals surface area contributed by atoms with Gasteiger partial charge in [-0.2, -0.15) is 0 Å². The number of carbonyl (C=O) groups excluding carboxylic acids is 1. The summed E-state index contributed by atoms with van der Waals surface area (Å²) in [6.45, 7) is 4.10. The number of aromatic nitrogens is 2. The number of ether oxygens (including phenoxy) is 1. The van der Waals surface area contributed by atoms with Gasteiger partial charge in [0.25, 0.3) is 5.91 Å². The van der Waals surface area contributed by atoms with Crippen molar-refractivity contribution in [2.45, 2.75) is 26.4 Å². The summed E-state index contributed by atoms with van der Waals surface area (Å²) in [7, 11) is 1.64. The maximum absolute atomic E-state index is 12.5. The number of carbonyl (C=O) groups is 1. The van der Waals surface area contributed by atoms with Crippen molar-refractivity contribution in [3.63, 3.8) is 0 Å². The van der Waals surface area contributed by atoms with Crippen molar-refractivity contribution in [2.24, 2.45) is 0 Å². The number of anilines is 1. The zero-order valence-corrected chi connectivity index (χ0v) is 16.3. The molecular weight excluding hydrogens is 364 g/mol. The second-order valence-electron chi connectivity index (χ2n) is 6.22. The van der Waals surface area contributed by atoms with Crippen LogP contribution in [-0.2, 0) is 6.54 Å². The minimum atomic E-state index is -0.307. The molecule has 0 spiro atoms. The van der Waals surface area contributed by atoms with Crippen molar-refractivity contribution in [1.82, 2.24) is 15.3 Å². The van der Waals surface area contributed by atoms with E-state index < -0.39 is 0 Å². The topological polar surface area (TPSA) is 96.4 Å². The second-order valence-corrected chi connectivity index (χ2v) is 7.22. The lowest BCUT2D eigenvalue weighted by molar-refractivity contribution is 0.0926. The van der Waals surface area contributed by atoms with Crippen molar-refractivity contribution >= 4 is 33.3 Å². The van der Waals surface area contributed by atoms with Gasteiger partial charge in [-0.05, 0) is 37.1 Å². The fraction of sp³-hybridized carbons (Fsp3) is 0.316. The molecule has 3 N–H and O–H groups in total. The molecule has 0 fully saturated rings. The summed E-state index contributed by atoms with van der Waals surface area (Å²) in [6.07, 6.45) is 1.49. The van der Waals surface area contributed by atoms with E-state index in [0.717, 1.165) is 27.1 Å². The number of nitrogens with zero attached hydrogens (tertiary/aromatic N) is 2. The smallest absolute Gasteiger partial charge is 0.262 e. The molecule has 0 aliphatic heterocycles. The largest absolute Gasteiger partial charge is 0.497 e. The van der Waals surface area contributed by atoms with Crippen molar-refractivity contribution < 1.29 is 14.6 Å². The molecule has 0 saturated carbocycles. The van der Waals surface area contributed by atoms with E-state index in [9.17, 15) is 4.79 Å². The van der Waals surface area contributed by atoms with Crippen LogP contribution in [0.4, 0.5) is 5.82 Å². The monoisotopic (exact) mass is 386 g/mol. The summed E-state index contributed by atoms with van der Waals surface area (Å²) in [6, 6.07) is 7.49. The van der Waals surface area contributed by atoms with Crippen LogP contribution in [0.3, 0.4) is 0 Å². The number of rotatable bonds is 7. The van der Waals surface area contributed by atoms with Gasteiger partial charge in [-0.3, -0.25) is 4.79 Å². The summed E-state index contributed by atoms with van der Waals surface area (Å²) in [5.41, 5.74) is 1.88. The third-order valence-electron chi connectivity index (χ3n) is 4.18. The van der Waals surface area contributed by atoms with E-state index in [1.165, 1.54) is 17.7 Å². The zero-order chi connectivity index (χ0) is 19.4. The summed E-state index contributed by atoms with van der Waals surface area (Å²) in [5.74, 6) is 1.27. The number of aliphatic hydroxyl groups excluding tert-OH is 1. The Morgan fingerprint density at radius 2 is 2.19 bits per heavy atom. The highest BCUT2D eigenvalue weighted by molar-refractivity contribution is 7.20. The maximum atomic E-state index is 12.5. The van der Waals surface area contributed by atoms with Crippen molar-refractivity contribution in [2.75, 3.05) is 19.0 Å². The molecule has 3 rings (SSSR count). The molecule has 142 valence electrons. The Balaban J connectivity index is 1.87. The molecule has 0 bridgehead atoms. The Kier molecular flexibility index (Phi) is 5.88. The van der Waals surface area contributed by atoms with E-state index in [2.05, 4.69) is 20.6 Å². The molecule has 8 heteroatoms. The summed E-state index contributed by atoms with van der Waals surface area (Å²) in [5, 5.41) is 16.1. The van der Waals surface area contributed by atoms with Crippen LogP contribution in [0, 0.1) is 6.92 Å². The zero-order valence-electron chi connectivity index (χ0n) is 15.4. The normalized spacial score (nSPS) is 12.0. The Labute approximate surface area is 161 Å². The van der Waals surface area contributed by atoms with Gasteiger partial charge in [-0.15, -0.1) is 11.3 Å². The van der Waals surface area contributed by atoms with Gasteiger partial charge < -0.3 is 20.5 Å².